The van der Waals surface area contributed by atoms with Crippen LogP contribution in [0.25, 0.3) is 0 Å². The maximum Gasteiger partial charge on any atom is 0.175 e. The van der Waals surface area contributed by atoms with Crippen molar-refractivity contribution >= 4 is 39.1 Å². The highest BCUT2D eigenvalue weighted by molar-refractivity contribution is 9.10. The summed E-state index contributed by atoms with van der Waals surface area (Å²) >= 11 is 15.8. The van der Waals surface area contributed by atoms with Crippen LogP contribution in [0.15, 0.2) is 59.1 Å². The second-order valence-corrected chi connectivity index (χ2v) is 8.58. The van der Waals surface area contributed by atoms with E-state index in [1.165, 1.54) is 6.07 Å². The van der Waals surface area contributed by atoms with Crippen molar-refractivity contribution in [2.45, 2.75) is 26.5 Å². The van der Waals surface area contributed by atoms with Gasteiger partial charge in [0.25, 0.3) is 0 Å². The molecule has 0 radical (unpaired) electrons. The molecule has 0 bridgehead atoms. The molecule has 0 heterocycles. The van der Waals surface area contributed by atoms with Gasteiger partial charge in [0.2, 0.25) is 0 Å². The molecule has 164 valence electrons. The minimum Gasteiger partial charge on any atom is -0.490 e. The van der Waals surface area contributed by atoms with Gasteiger partial charge < -0.3 is 14.8 Å². The minimum atomic E-state index is -0.173. The van der Waals surface area contributed by atoms with Gasteiger partial charge in [0.05, 0.1) is 11.1 Å². The van der Waals surface area contributed by atoms with Gasteiger partial charge in [-0.25, -0.2) is 4.39 Å². The van der Waals surface area contributed by atoms with Crippen LogP contribution in [-0.4, -0.2) is 13.2 Å². The van der Waals surface area contributed by atoms with E-state index >= 15 is 0 Å². The van der Waals surface area contributed by atoms with Gasteiger partial charge in [-0.3, -0.25) is 0 Å². The largest absolute Gasteiger partial charge is 0.490 e. The first-order valence-corrected chi connectivity index (χ1v) is 11.5. The molecular formula is C24H23BrCl2FNO2. The normalized spacial score (nSPS) is 10.9. The Hall–Kier alpha value is -1.79. The van der Waals surface area contributed by atoms with Gasteiger partial charge in [-0.1, -0.05) is 47.5 Å². The van der Waals surface area contributed by atoms with Crippen molar-refractivity contribution in [3.05, 3.63) is 91.6 Å². The van der Waals surface area contributed by atoms with E-state index in [0.29, 0.717) is 53.2 Å². The summed E-state index contributed by atoms with van der Waals surface area (Å²) in [7, 11) is 0. The summed E-state index contributed by atoms with van der Waals surface area (Å²) in [6.07, 6.45) is 0.620. The van der Waals surface area contributed by atoms with Crippen LogP contribution < -0.4 is 14.8 Å². The second kappa shape index (κ2) is 11.7. The monoisotopic (exact) mass is 525 g/mol. The quantitative estimate of drug-likeness (QED) is 0.283. The van der Waals surface area contributed by atoms with Crippen molar-refractivity contribution in [2.24, 2.45) is 0 Å². The lowest BCUT2D eigenvalue weighted by Gasteiger charge is -2.16. The zero-order valence-corrected chi connectivity index (χ0v) is 20.2. The SMILES string of the molecule is CCOc1cc(CNCCc2ccccc2F)cc(Br)c1OCc1ccc(Cl)cc1Cl. The zero-order chi connectivity index (χ0) is 22.2. The van der Waals surface area contributed by atoms with Crippen molar-refractivity contribution in [1.29, 1.82) is 0 Å². The first kappa shape index (κ1) is 23.9. The minimum absolute atomic E-state index is 0.173. The van der Waals surface area contributed by atoms with Crippen LogP contribution in [0.5, 0.6) is 11.5 Å². The van der Waals surface area contributed by atoms with Crippen LogP contribution in [0.3, 0.4) is 0 Å². The number of benzene rings is 3. The Kier molecular flexibility index (Phi) is 9.02. The summed E-state index contributed by atoms with van der Waals surface area (Å²) < 4.78 is 26.3. The van der Waals surface area contributed by atoms with Gasteiger partial charge in [0.15, 0.2) is 11.5 Å². The third kappa shape index (κ3) is 6.84. The predicted octanol–water partition coefficient (Wildman–Crippen LogP) is 7.21. The van der Waals surface area contributed by atoms with Crippen molar-refractivity contribution < 1.29 is 13.9 Å². The average Bonchev–Trinajstić information content (AvgIpc) is 2.73. The Morgan fingerprint density at radius 3 is 2.55 bits per heavy atom. The van der Waals surface area contributed by atoms with Crippen LogP contribution >= 0.6 is 39.1 Å². The first-order valence-electron chi connectivity index (χ1n) is 9.94. The van der Waals surface area contributed by atoms with E-state index < -0.39 is 0 Å². The van der Waals surface area contributed by atoms with Crippen LogP contribution in [0.4, 0.5) is 4.39 Å². The molecule has 0 amide bonds. The summed E-state index contributed by atoms with van der Waals surface area (Å²) in [4.78, 5) is 0. The Labute approximate surface area is 200 Å². The summed E-state index contributed by atoms with van der Waals surface area (Å²) in [5.74, 6) is 1.09. The highest BCUT2D eigenvalue weighted by Crippen LogP contribution is 2.38. The fourth-order valence-corrected chi connectivity index (χ4v) is 4.14. The Morgan fingerprint density at radius 1 is 1.00 bits per heavy atom. The van der Waals surface area contributed by atoms with Gasteiger partial charge in [-0.15, -0.1) is 0 Å². The Morgan fingerprint density at radius 2 is 1.81 bits per heavy atom. The van der Waals surface area contributed by atoms with Gasteiger partial charge >= 0.3 is 0 Å². The summed E-state index contributed by atoms with van der Waals surface area (Å²) in [5, 5.41) is 4.48. The maximum atomic E-state index is 13.7. The third-order valence-corrected chi connectivity index (χ3v) is 5.79. The standard InChI is InChI=1S/C24H23BrCl2FNO2/c1-2-30-23-12-16(14-29-10-9-17-5-3-4-6-22(17)28)11-20(25)24(23)31-15-18-7-8-19(26)13-21(18)27/h3-8,11-13,29H,2,9-10,14-15H2,1H3. The van der Waals surface area contributed by atoms with E-state index in [9.17, 15) is 4.39 Å². The van der Waals surface area contributed by atoms with E-state index in [0.717, 1.165) is 15.6 Å². The molecule has 3 aromatic carbocycles. The van der Waals surface area contributed by atoms with E-state index in [4.69, 9.17) is 32.7 Å². The molecule has 0 aliphatic rings. The molecule has 0 atom stereocenters. The van der Waals surface area contributed by atoms with Gasteiger partial charge in [-0.2, -0.15) is 0 Å². The molecule has 0 aliphatic carbocycles. The van der Waals surface area contributed by atoms with Crippen molar-refractivity contribution in [3.8, 4) is 11.5 Å². The maximum absolute atomic E-state index is 13.7. The molecule has 0 spiro atoms. The van der Waals surface area contributed by atoms with Crippen molar-refractivity contribution in [3.63, 3.8) is 0 Å². The molecule has 0 unspecified atom stereocenters. The number of hydrogen-bond acceptors (Lipinski definition) is 3. The molecule has 0 saturated carbocycles. The topological polar surface area (TPSA) is 30.5 Å². The zero-order valence-electron chi connectivity index (χ0n) is 17.1. The molecule has 1 N–H and O–H groups in total. The van der Waals surface area contributed by atoms with Crippen molar-refractivity contribution in [2.75, 3.05) is 13.2 Å². The number of hydrogen-bond donors (Lipinski definition) is 1. The molecule has 3 nitrogen and oxygen atoms in total. The smallest absolute Gasteiger partial charge is 0.175 e. The van der Waals surface area contributed by atoms with E-state index in [2.05, 4.69) is 21.2 Å². The average molecular weight is 527 g/mol. The Balaban J connectivity index is 1.64. The molecule has 0 saturated heterocycles. The molecule has 3 aromatic rings. The number of nitrogens with one attached hydrogen (secondary N) is 1. The first-order chi connectivity index (χ1) is 15.0. The molecular weight excluding hydrogens is 504 g/mol. The Bertz CT molecular complexity index is 1030. The van der Waals surface area contributed by atoms with Crippen LogP contribution in [0, 0.1) is 5.82 Å². The number of rotatable bonds is 10. The lowest BCUT2D eigenvalue weighted by molar-refractivity contribution is 0.267. The lowest BCUT2D eigenvalue weighted by atomic mass is 10.1. The number of halogens is 4. The predicted molar refractivity (Wildman–Crippen MR) is 128 cm³/mol. The fraction of sp³-hybridized carbons (Fsp3) is 0.250. The molecule has 0 fully saturated rings. The molecule has 7 heteroatoms. The second-order valence-electron chi connectivity index (χ2n) is 6.88. The highest BCUT2D eigenvalue weighted by Gasteiger charge is 2.14. The van der Waals surface area contributed by atoms with Crippen molar-refractivity contribution in [1.82, 2.24) is 5.32 Å². The lowest BCUT2D eigenvalue weighted by Crippen LogP contribution is -2.17. The summed E-state index contributed by atoms with van der Waals surface area (Å²) in [6.45, 7) is 4.00. The third-order valence-electron chi connectivity index (χ3n) is 4.61. The molecule has 0 aromatic heterocycles. The number of ether oxygens (including phenoxy) is 2. The van der Waals surface area contributed by atoms with Gasteiger partial charge in [0, 0.05) is 22.2 Å². The molecule has 31 heavy (non-hydrogen) atoms. The fourth-order valence-electron chi connectivity index (χ4n) is 3.07. The van der Waals surface area contributed by atoms with Gasteiger partial charge in [0.1, 0.15) is 12.4 Å². The highest BCUT2D eigenvalue weighted by atomic mass is 79.9. The van der Waals surface area contributed by atoms with E-state index in [1.807, 2.05) is 31.2 Å². The van der Waals surface area contributed by atoms with E-state index in [1.54, 1.807) is 24.3 Å². The molecule has 0 aliphatic heterocycles. The summed E-state index contributed by atoms with van der Waals surface area (Å²) in [6, 6.07) is 16.1. The van der Waals surface area contributed by atoms with E-state index in [-0.39, 0.29) is 12.4 Å². The molecule has 3 rings (SSSR count). The van der Waals surface area contributed by atoms with Crippen LogP contribution in [0.2, 0.25) is 10.0 Å². The van der Waals surface area contributed by atoms with Gasteiger partial charge in [-0.05, 0) is 77.3 Å². The van der Waals surface area contributed by atoms with Crippen LogP contribution in [0.1, 0.15) is 23.6 Å². The van der Waals surface area contributed by atoms with Crippen LogP contribution in [-0.2, 0) is 19.6 Å². The summed E-state index contributed by atoms with van der Waals surface area (Å²) in [5.41, 5.74) is 2.57.